The number of benzene rings is 1. The summed E-state index contributed by atoms with van der Waals surface area (Å²) in [5, 5.41) is 0.410. The average Bonchev–Trinajstić information content (AvgIpc) is 2.57. The standard InChI is InChI=1S/C12H8Br2ClFS/c1-6-4-9(13)12(17-6)11(14)8-3-2-7(15)5-10(8)16/h2-5,11H,1H3. The first kappa shape index (κ1) is 13.5. The van der Waals surface area contributed by atoms with Gasteiger partial charge in [-0.25, -0.2) is 4.39 Å². The van der Waals surface area contributed by atoms with E-state index in [-0.39, 0.29) is 10.6 Å². The second-order valence-electron chi connectivity index (χ2n) is 3.60. The van der Waals surface area contributed by atoms with Crippen LogP contribution in [0.4, 0.5) is 4.39 Å². The van der Waals surface area contributed by atoms with E-state index in [1.807, 2.05) is 13.0 Å². The molecule has 0 bridgehead atoms. The quantitative estimate of drug-likeness (QED) is 0.537. The smallest absolute Gasteiger partial charge is 0.129 e. The molecule has 0 saturated heterocycles. The molecule has 90 valence electrons. The lowest BCUT2D eigenvalue weighted by atomic mass is 10.1. The van der Waals surface area contributed by atoms with Gasteiger partial charge in [-0.05, 0) is 41.1 Å². The van der Waals surface area contributed by atoms with E-state index < -0.39 is 0 Å². The zero-order valence-electron chi connectivity index (χ0n) is 8.81. The van der Waals surface area contributed by atoms with Crippen molar-refractivity contribution < 1.29 is 4.39 Å². The van der Waals surface area contributed by atoms with Gasteiger partial charge in [-0.15, -0.1) is 11.3 Å². The molecular weight excluding hydrogens is 390 g/mol. The molecule has 0 fully saturated rings. The van der Waals surface area contributed by atoms with Gasteiger partial charge in [-0.2, -0.15) is 0 Å². The summed E-state index contributed by atoms with van der Waals surface area (Å²) in [7, 11) is 0. The molecule has 17 heavy (non-hydrogen) atoms. The van der Waals surface area contributed by atoms with E-state index in [0.29, 0.717) is 10.6 Å². The molecule has 0 aliphatic carbocycles. The van der Waals surface area contributed by atoms with Crippen LogP contribution in [0.1, 0.15) is 20.1 Å². The predicted octanol–water partition coefficient (Wildman–Crippen LogP) is 6.10. The summed E-state index contributed by atoms with van der Waals surface area (Å²) in [5.41, 5.74) is 0.594. The van der Waals surface area contributed by atoms with Crippen molar-refractivity contribution in [1.82, 2.24) is 0 Å². The van der Waals surface area contributed by atoms with Crippen LogP contribution in [0.5, 0.6) is 0 Å². The van der Waals surface area contributed by atoms with Crippen molar-refractivity contribution in [2.45, 2.75) is 11.8 Å². The summed E-state index contributed by atoms with van der Waals surface area (Å²) in [5.74, 6) is -0.294. The van der Waals surface area contributed by atoms with Crippen molar-refractivity contribution >= 4 is 54.8 Å². The lowest BCUT2D eigenvalue weighted by molar-refractivity contribution is 0.614. The van der Waals surface area contributed by atoms with Gasteiger partial charge < -0.3 is 0 Å². The lowest BCUT2D eigenvalue weighted by Crippen LogP contribution is -1.94. The Hall–Kier alpha value is 0.1000. The highest BCUT2D eigenvalue weighted by molar-refractivity contribution is 9.11. The molecule has 2 rings (SSSR count). The SMILES string of the molecule is Cc1cc(Br)c(C(Br)c2ccc(Cl)cc2F)s1. The van der Waals surface area contributed by atoms with Crippen LogP contribution in [0, 0.1) is 12.7 Å². The minimum absolute atomic E-state index is 0.159. The van der Waals surface area contributed by atoms with Crippen molar-refractivity contribution in [2.75, 3.05) is 0 Å². The molecule has 2 aromatic rings. The maximum Gasteiger partial charge on any atom is 0.129 e. The van der Waals surface area contributed by atoms with E-state index in [1.165, 1.54) is 10.9 Å². The molecule has 1 heterocycles. The van der Waals surface area contributed by atoms with Gasteiger partial charge in [-0.1, -0.05) is 33.6 Å². The van der Waals surface area contributed by atoms with E-state index in [1.54, 1.807) is 23.5 Å². The molecule has 0 amide bonds. The van der Waals surface area contributed by atoms with Crippen molar-refractivity contribution in [1.29, 1.82) is 0 Å². The summed E-state index contributed by atoms with van der Waals surface area (Å²) < 4.78 is 14.8. The molecule has 0 aliphatic rings. The van der Waals surface area contributed by atoms with E-state index in [0.717, 1.165) is 9.35 Å². The van der Waals surface area contributed by atoms with E-state index in [4.69, 9.17) is 11.6 Å². The molecular formula is C12H8Br2ClFS. The number of rotatable bonds is 2. The van der Waals surface area contributed by atoms with E-state index in [2.05, 4.69) is 31.9 Å². The van der Waals surface area contributed by atoms with Crippen LogP contribution >= 0.6 is 54.8 Å². The maximum atomic E-state index is 13.8. The topological polar surface area (TPSA) is 0 Å². The summed E-state index contributed by atoms with van der Waals surface area (Å²) in [6.07, 6.45) is 0. The molecule has 0 N–H and O–H groups in total. The fourth-order valence-electron chi connectivity index (χ4n) is 1.52. The first-order valence-corrected chi connectivity index (χ1v) is 7.74. The largest absolute Gasteiger partial charge is 0.207 e. The van der Waals surface area contributed by atoms with Gasteiger partial charge in [-0.3, -0.25) is 0 Å². The Morgan fingerprint density at radius 2 is 2.06 bits per heavy atom. The Kier molecular flexibility index (Phi) is 4.29. The molecule has 1 aromatic carbocycles. The fourth-order valence-corrected chi connectivity index (χ4v) is 4.76. The van der Waals surface area contributed by atoms with Crippen LogP contribution in [0.2, 0.25) is 5.02 Å². The van der Waals surface area contributed by atoms with Gasteiger partial charge in [0.05, 0.1) is 4.83 Å². The third kappa shape index (κ3) is 2.92. The monoisotopic (exact) mass is 396 g/mol. The highest BCUT2D eigenvalue weighted by Gasteiger charge is 2.19. The molecule has 0 radical (unpaired) electrons. The predicted molar refractivity (Wildman–Crippen MR) is 78.9 cm³/mol. The zero-order valence-corrected chi connectivity index (χ0v) is 13.6. The van der Waals surface area contributed by atoms with Crippen molar-refractivity contribution in [3.05, 3.63) is 54.9 Å². The van der Waals surface area contributed by atoms with Crippen LogP contribution in [-0.4, -0.2) is 0 Å². The Bertz CT molecular complexity index is 553. The molecule has 1 atom stereocenters. The van der Waals surface area contributed by atoms with Gasteiger partial charge in [0.25, 0.3) is 0 Å². The minimum Gasteiger partial charge on any atom is -0.207 e. The fraction of sp³-hybridized carbons (Fsp3) is 0.167. The molecule has 1 aromatic heterocycles. The summed E-state index contributed by atoms with van der Waals surface area (Å²) in [6.45, 7) is 2.02. The summed E-state index contributed by atoms with van der Waals surface area (Å²) >= 11 is 14.4. The van der Waals surface area contributed by atoms with Gasteiger partial charge in [0.15, 0.2) is 0 Å². The minimum atomic E-state index is -0.294. The average molecular weight is 399 g/mol. The molecule has 0 spiro atoms. The summed E-state index contributed by atoms with van der Waals surface area (Å²) in [6, 6.07) is 6.77. The van der Waals surface area contributed by atoms with Crippen molar-refractivity contribution in [3.8, 4) is 0 Å². The van der Waals surface area contributed by atoms with Gasteiger partial charge >= 0.3 is 0 Å². The summed E-state index contributed by atoms with van der Waals surface area (Å²) in [4.78, 5) is 2.09. The Labute approximate surface area is 125 Å². The highest BCUT2D eigenvalue weighted by atomic mass is 79.9. The molecule has 0 saturated carbocycles. The van der Waals surface area contributed by atoms with Crippen molar-refractivity contribution in [3.63, 3.8) is 0 Å². The number of aryl methyl sites for hydroxylation is 1. The lowest BCUT2D eigenvalue weighted by Gasteiger charge is -2.10. The first-order chi connectivity index (χ1) is 7.99. The third-order valence-electron chi connectivity index (χ3n) is 2.30. The maximum absolute atomic E-state index is 13.8. The third-order valence-corrected chi connectivity index (χ3v) is 5.83. The van der Waals surface area contributed by atoms with E-state index >= 15 is 0 Å². The molecule has 1 unspecified atom stereocenters. The van der Waals surface area contributed by atoms with Gasteiger partial charge in [0.1, 0.15) is 5.82 Å². The first-order valence-electron chi connectivity index (χ1n) is 4.84. The van der Waals surface area contributed by atoms with Gasteiger partial charge in [0, 0.05) is 24.8 Å². The highest BCUT2D eigenvalue weighted by Crippen LogP contribution is 2.41. The van der Waals surface area contributed by atoms with Crippen LogP contribution in [-0.2, 0) is 0 Å². The number of halogens is 4. The Morgan fingerprint density at radius 1 is 1.35 bits per heavy atom. The number of alkyl halides is 1. The van der Waals surface area contributed by atoms with Crippen molar-refractivity contribution in [2.24, 2.45) is 0 Å². The van der Waals surface area contributed by atoms with Crippen LogP contribution in [0.3, 0.4) is 0 Å². The zero-order chi connectivity index (χ0) is 12.6. The number of hydrogen-bond donors (Lipinski definition) is 0. The van der Waals surface area contributed by atoms with Gasteiger partial charge in [0.2, 0.25) is 0 Å². The van der Waals surface area contributed by atoms with Crippen LogP contribution in [0.25, 0.3) is 0 Å². The second-order valence-corrected chi connectivity index (χ2v) is 7.09. The Morgan fingerprint density at radius 3 is 2.59 bits per heavy atom. The number of thiophene rings is 1. The number of hydrogen-bond acceptors (Lipinski definition) is 1. The van der Waals surface area contributed by atoms with E-state index in [9.17, 15) is 4.39 Å². The molecule has 5 heteroatoms. The second kappa shape index (κ2) is 5.39. The van der Waals surface area contributed by atoms with Crippen LogP contribution < -0.4 is 0 Å². The Balaban J connectivity index is 2.43. The molecule has 0 aliphatic heterocycles. The van der Waals surface area contributed by atoms with Crippen LogP contribution in [0.15, 0.2) is 28.7 Å². The molecule has 0 nitrogen and oxygen atoms in total. The normalized spacial score (nSPS) is 12.8.